The molecule has 1 aromatic heterocycles. The lowest BCUT2D eigenvalue weighted by Gasteiger charge is -2.25. The van der Waals surface area contributed by atoms with Crippen LogP contribution in [0.15, 0.2) is 185 Å². The van der Waals surface area contributed by atoms with Gasteiger partial charge in [0.25, 0.3) is 0 Å². The fourth-order valence-corrected chi connectivity index (χ4v) is 7.84. The number of thiol groups is 1. The topological polar surface area (TPSA) is 65.0 Å². The van der Waals surface area contributed by atoms with Crippen LogP contribution in [0, 0.1) is 0 Å². The van der Waals surface area contributed by atoms with Gasteiger partial charge in [-0.15, -0.1) is 0 Å². The molecule has 0 atom stereocenters. The maximum atomic E-state index is 14.6. The van der Waals surface area contributed by atoms with E-state index in [9.17, 15) is 4.21 Å². The smallest absolute Gasteiger partial charge is 0.164 e. The van der Waals surface area contributed by atoms with Gasteiger partial charge in [-0.2, -0.15) is 0 Å². The molecule has 0 fully saturated rings. The fraction of sp³-hybridized carbons (Fsp3) is 0. The zero-order valence-electron chi connectivity index (χ0n) is 24.3. The predicted molar refractivity (Wildman–Crippen MR) is 180 cm³/mol. The summed E-state index contributed by atoms with van der Waals surface area (Å²) in [6.45, 7) is 0. The standard InChI is InChI=1S/C39H29N3O2S/c43-45(34-17-9-3-10-18-34,35-19-11-4-12-20-35)36-27-25-33(26-28-36)44-32-23-21-31(22-24-32)39-41-37(29-13-5-1-6-14-29)40-38(42-39)30-15-7-2-8-16-30/h1-28,45H. The first-order valence-corrected chi connectivity index (χ1v) is 16.3. The molecule has 0 aliphatic carbocycles. The van der Waals surface area contributed by atoms with Crippen LogP contribution in [-0.4, -0.2) is 19.2 Å². The molecule has 1 heterocycles. The molecular formula is C39H29N3O2S. The Morgan fingerprint density at radius 1 is 0.356 bits per heavy atom. The van der Waals surface area contributed by atoms with Gasteiger partial charge in [-0.05, 0) is 82.7 Å². The molecule has 5 nitrogen and oxygen atoms in total. The zero-order chi connectivity index (χ0) is 30.5. The number of aromatic nitrogens is 3. The monoisotopic (exact) mass is 603 g/mol. The Bertz CT molecular complexity index is 1970. The van der Waals surface area contributed by atoms with E-state index in [1.54, 1.807) is 0 Å². The van der Waals surface area contributed by atoms with Gasteiger partial charge in [0.2, 0.25) is 0 Å². The SMILES string of the molecule is O=[SH](c1ccccc1)(c1ccccc1)c1ccc(Oc2ccc(-c3nc(-c4ccccc4)nc(-c4ccccc4)n3)cc2)cc1. The Hall–Kier alpha value is -5.72. The normalized spacial score (nSPS) is 11.6. The van der Waals surface area contributed by atoms with Gasteiger partial charge in [0.15, 0.2) is 17.5 Å². The van der Waals surface area contributed by atoms with Gasteiger partial charge >= 0.3 is 0 Å². The lowest BCUT2D eigenvalue weighted by Crippen LogP contribution is -2.13. The summed E-state index contributed by atoms with van der Waals surface area (Å²) < 4.78 is 20.8. The molecule has 0 amide bonds. The third-order valence-corrected chi connectivity index (χ3v) is 10.6. The second kappa shape index (κ2) is 12.5. The van der Waals surface area contributed by atoms with E-state index in [0.29, 0.717) is 29.0 Å². The number of hydrogen-bond donors (Lipinski definition) is 1. The van der Waals surface area contributed by atoms with Gasteiger partial charge in [-0.1, -0.05) is 97.1 Å². The van der Waals surface area contributed by atoms with E-state index in [2.05, 4.69) is 0 Å². The van der Waals surface area contributed by atoms with Crippen molar-refractivity contribution < 1.29 is 8.95 Å². The summed E-state index contributed by atoms with van der Waals surface area (Å²) in [7, 11) is -3.05. The second-order valence-electron chi connectivity index (χ2n) is 10.4. The van der Waals surface area contributed by atoms with Crippen LogP contribution in [0.4, 0.5) is 0 Å². The van der Waals surface area contributed by atoms with Crippen LogP contribution >= 0.6 is 0 Å². The zero-order valence-corrected chi connectivity index (χ0v) is 25.2. The fourth-order valence-electron chi connectivity index (χ4n) is 5.19. The van der Waals surface area contributed by atoms with E-state index >= 15 is 0 Å². The van der Waals surface area contributed by atoms with Gasteiger partial charge in [0.1, 0.15) is 11.5 Å². The molecule has 0 bridgehead atoms. The van der Waals surface area contributed by atoms with E-state index < -0.39 is 9.93 Å². The van der Waals surface area contributed by atoms with Crippen molar-refractivity contribution in [1.82, 2.24) is 15.0 Å². The van der Waals surface area contributed by atoms with Crippen molar-refractivity contribution in [2.75, 3.05) is 0 Å². The highest BCUT2D eigenvalue weighted by Gasteiger charge is 2.23. The molecule has 6 heteroatoms. The Labute approximate surface area is 263 Å². The second-order valence-corrected chi connectivity index (χ2v) is 13.2. The Morgan fingerprint density at radius 2 is 0.667 bits per heavy atom. The first-order chi connectivity index (χ1) is 22.2. The summed E-state index contributed by atoms with van der Waals surface area (Å²) in [5.41, 5.74) is 2.69. The van der Waals surface area contributed by atoms with Crippen molar-refractivity contribution in [3.05, 3.63) is 170 Å². The van der Waals surface area contributed by atoms with Crippen LogP contribution in [0.2, 0.25) is 0 Å². The van der Waals surface area contributed by atoms with Gasteiger partial charge in [-0.3, -0.25) is 4.21 Å². The van der Waals surface area contributed by atoms with Crippen molar-refractivity contribution in [1.29, 1.82) is 0 Å². The minimum atomic E-state index is -3.05. The summed E-state index contributed by atoms with van der Waals surface area (Å²) in [4.78, 5) is 16.7. The summed E-state index contributed by atoms with van der Waals surface area (Å²) in [5, 5.41) is 0. The molecule has 7 aromatic rings. The molecule has 0 aliphatic heterocycles. The lowest BCUT2D eigenvalue weighted by molar-refractivity contribution is 0.482. The summed E-state index contributed by atoms with van der Waals surface area (Å²) >= 11 is 0. The highest BCUT2D eigenvalue weighted by atomic mass is 32.2. The summed E-state index contributed by atoms with van der Waals surface area (Å²) in [5.74, 6) is 3.13. The molecular weight excluding hydrogens is 575 g/mol. The largest absolute Gasteiger partial charge is 0.457 e. The van der Waals surface area contributed by atoms with Crippen LogP contribution in [0.25, 0.3) is 34.2 Å². The molecule has 45 heavy (non-hydrogen) atoms. The van der Waals surface area contributed by atoms with Gasteiger partial charge in [0, 0.05) is 31.4 Å². The Kier molecular flexibility index (Phi) is 7.79. The Balaban J connectivity index is 1.16. The average molecular weight is 604 g/mol. The molecule has 0 spiro atoms. The first-order valence-electron chi connectivity index (χ1n) is 14.6. The van der Waals surface area contributed by atoms with Crippen LogP contribution in [0.1, 0.15) is 0 Å². The maximum Gasteiger partial charge on any atom is 0.164 e. The molecule has 0 aliphatic rings. The summed E-state index contributed by atoms with van der Waals surface area (Å²) in [6.07, 6.45) is 0. The minimum Gasteiger partial charge on any atom is -0.457 e. The van der Waals surface area contributed by atoms with Crippen molar-refractivity contribution in [3.63, 3.8) is 0 Å². The van der Waals surface area contributed by atoms with Crippen molar-refractivity contribution in [2.45, 2.75) is 14.7 Å². The third kappa shape index (κ3) is 5.92. The first kappa shape index (κ1) is 28.1. The van der Waals surface area contributed by atoms with Gasteiger partial charge < -0.3 is 4.74 Å². The molecule has 0 unspecified atom stereocenters. The quantitative estimate of drug-likeness (QED) is 0.176. The number of hydrogen-bond acceptors (Lipinski definition) is 5. The van der Waals surface area contributed by atoms with E-state index in [1.807, 2.05) is 170 Å². The van der Waals surface area contributed by atoms with Crippen molar-refractivity contribution in [2.24, 2.45) is 0 Å². The van der Waals surface area contributed by atoms with E-state index in [1.165, 1.54) is 0 Å². The number of rotatable bonds is 8. The lowest BCUT2D eigenvalue weighted by atomic mass is 10.1. The van der Waals surface area contributed by atoms with Crippen molar-refractivity contribution in [3.8, 4) is 45.7 Å². The average Bonchev–Trinajstić information content (AvgIpc) is 3.13. The van der Waals surface area contributed by atoms with Gasteiger partial charge in [0.05, 0.1) is 0 Å². The molecule has 6 aromatic carbocycles. The predicted octanol–water partition coefficient (Wildman–Crippen LogP) is 9.16. The molecule has 0 saturated carbocycles. The maximum absolute atomic E-state index is 14.6. The van der Waals surface area contributed by atoms with E-state index in [0.717, 1.165) is 31.4 Å². The molecule has 218 valence electrons. The number of ether oxygens (including phenoxy) is 1. The third-order valence-electron chi connectivity index (χ3n) is 7.49. The van der Waals surface area contributed by atoms with Gasteiger partial charge in [-0.25, -0.2) is 15.0 Å². The minimum absolute atomic E-state index is 0.580. The molecule has 7 rings (SSSR count). The number of nitrogens with zero attached hydrogens (tertiary/aromatic N) is 3. The molecule has 0 saturated heterocycles. The molecule has 0 N–H and O–H groups in total. The van der Waals surface area contributed by atoms with Crippen molar-refractivity contribution >= 4 is 9.93 Å². The highest BCUT2D eigenvalue weighted by molar-refractivity contribution is 8.03. The summed E-state index contributed by atoms with van der Waals surface area (Å²) in [6, 6.07) is 54.3. The van der Waals surface area contributed by atoms with E-state index in [4.69, 9.17) is 19.7 Å². The van der Waals surface area contributed by atoms with Crippen LogP contribution < -0.4 is 4.74 Å². The molecule has 0 radical (unpaired) electrons. The van der Waals surface area contributed by atoms with Crippen LogP contribution in [0.3, 0.4) is 0 Å². The highest BCUT2D eigenvalue weighted by Crippen LogP contribution is 2.37. The van der Waals surface area contributed by atoms with Crippen LogP contribution in [0.5, 0.6) is 11.5 Å². The van der Waals surface area contributed by atoms with E-state index in [-0.39, 0.29) is 0 Å². The van der Waals surface area contributed by atoms with Crippen LogP contribution in [-0.2, 0) is 9.93 Å². The number of benzene rings is 6. The Morgan fingerprint density at radius 3 is 1.07 bits per heavy atom.